The fourth-order valence-corrected chi connectivity index (χ4v) is 3.75. The quantitative estimate of drug-likeness (QED) is 0.603. The minimum Gasteiger partial charge on any atom is -0.381 e. The number of likely N-dealkylation sites (tertiary alicyclic amines) is 1. The van der Waals surface area contributed by atoms with E-state index in [1.165, 1.54) is 5.56 Å². The normalized spacial score (nSPS) is 18.0. The number of carbonyl (C=O) groups is 1. The molecule has 1 amide bonds. The Morgan fingerprint density at radius 3 is 2.72 bits per heavy atom. The molecule has 2 saturated heterocycles. The molecule has 1 aromatic carbocycles. The Morgan fingerprint density at radius 1 is 1.14 bits per heavy atom. The van der Waals surface area contributed by atoms with Crippen molar-refractivity contribution in [3.05, 3.63) is 47.6 Å². The molecule has 1 aromatic heterocycles. The van der Waals surface area contributed by atoms with E-state index in [-0.39, 0.29) is 11.8 Å². The lowest BCUT2D eigenvalue weighted by Gasteiger charge is -2.37. The molecule has 0 radical (unpaired) electrons. The van der Waals surface area contributed by atoms with E-state index in [2.05, 4.69) is 22.3 Å². The molecule has 7 heteroatoms. The zero-order valence-electron chi connectivity index (χ0n) is 16.8. The van der Waals surface area contributed by atoms with E-state index in [9.17, 15) is 4.79 Å². The number of rotatable bonds is 9. The first-order valence-corrected chi connectivity index (χ1v) is 10.6. The van der Waals surface area contributed by atoms with Crippen LogP contribution < -0.4 is 0 Å². The molecule has 3 heterocycles. The van der Waals surface area contributed by atoms with Gasteiger partial charge in [-0.1, -0.05) is 35.5 Å². The third-order valence-corrected chi connectivity index (χ3v) is 5.70. The summed E-state index contributed by atoms with van der Waals surface area (Å²) in [5.74, 6) is 2.26. The molecule has 0 aliphatic carbocycles. The van der Waals surface area contributed by atoms with E-state index in [0.29, 0.717) is 50.2 Å². The van der Waals surface area contributed by atoms with Gasteiger partial charge in [0.1, 0.15) is 0 Å². The molecule has 29 heavy (non-hydrogen) atoms. The summed E-state index contributed by atoms with van der Waals surface area (Å²) < 4.78 is 16.5. The number of hydrogen-bond donors (Lipinski definition) is 0. The number of amides is 1. The highest BCUT2D eigenvalue weighted by Gasteiger charge is 2.35. The van der Waals surface area contributed by atoms with Crippen LogP contribution in [0, 0.1) is 5.92 Å². The van der Waals surface area contributed by atoms with E-state index in [0.717, 1.165) is 39.1 Å². The number of aryl methyl sites for hydroxylation is 1. The zero-order chi connectivity index (χ0) is 19.9. The SMILES string of the molecule is O=C(CCc1ccccc1)N1CC(c2nc(CCOCC3CCOCC3)no2)C1. The van der Waals surface area contributed by atoms with Gasteiger partial charge >= 0.3 is 0 Å². The summed E-state index contributed by atoms with van der Waals surface area (Å²) >= 11 is 0. The molecular weight excluding hydrogens is 370 g/mol. The number of benzene rings is 1. The Bertz CT molecular complexity index is 767. The predicted octanol–water partition coefficient (Wildman–Crippen LogP) is 2.61. The van der Waals surface area contributed by atoms with Gasteiger partial charge in [-0.2, -0.15) is 4.98 Å². The molecule has 2 aliphatic rings. The molecule has 156 valence electrons. The fraction of sp³-hybridized carbons (Fsp3) is 0.591. The van der Waals surface area contributed by atoms with Gasteiger partial charge in [-0.3, -0.25) is 4.79 Å². The van der Waals surface area contributed by atoms with Gasteiger partial charge in [0.25, 0.3) is 0 Å². The Hall–Kier alpha value is -2.25. The van der Waals surface area contributed by atoms with Crippen LogP contribution in [0.2, 0.25) is 0 Å². The second kappa shape index (κ2) is 9.98. The summed E-state index contributed by atoms with van der Waals surface area (Å²) in [5.41, 5.74) is 1.19. The molecule has 0 unspecified atom stereocenters. The molecule has 0 bridgehead atoms. The van der Waals surface area contributed by atoms with Crippen molar-refractivity contribution in [2.24, 2.45) is 5.92 Å². The van der Waals surface area contributed by atoms with Gasteiger partial charge in [0.2, 0.25) is 11.8 Å². The lowest BCUT2D eigenvalue weighted by Crippen LogP contribution is -2.48. The van der Waals surface area contributed by atoms with Crippen LogP contribution in [-0.2, 0) is 27.1 Å². The second-order valence-corrected chi connectivity index (χ2v) is 7.91. The third-order valence-electron chi connectivity index (χ3n) is 5.70. The summed E-state index contributed by atoms with van der Waals surface area (Å²) in [4.78, 5) is 18.7. The monoisotopic (exact) mass is 399 g/mol. The molecule has 2 aromatic rings. The van der Waals surface area contributed by atoms with Gasteiger partial charge in [0.05, 0.1) is 12.5 Å². The molecule has 0 N–H and O–H groups in total. The Kier molecular flexibility index (Phi) is 6.90. The van der Waals surface area contributed by atoms with E-state index in [4.69, 9.17) is 14.0 Å². The van der Waals surface area contributed by atoms with Crippen LogP contribution in [0.5, 0.6) is 0 Å². The van der Waals surface area contributed by atoms with Crippen molar-refractivity contribution in [1.29, 1.82) is 0 Å². The van der Waals surface area contributed by atoms with Crippen molar-refractivity contribution in [3.8, 4) is 0 Å². The highest BCUT2D eigenvalue weighted by Crippen LogP contribution is 2.26. The number of ether oxygens (including phenoxy) is 2. The number of hydrogen-bond acceptors (Lipinski definition) is 6. The standard InChI is InChI=1S/C22H29N3O4/c26-21(7-6-17-4-2-1-3-5-17)25-14-19(15-25)22-23-20(24-29-22)10-13-28-16-18-8-11-27-12-9-18/h1-5,18-19H,6-16H2. The summed E-state index contributed by atoms with van der Waals surface area (Å²) in [6.45, 7) is 4.39. The fourth-order valence-electron chi connectivity index (χ4n) is 3.75. The molecule has 4 rings (SSSR count). The van der Waals surface area contributed by atoms with Gasteiger partial charge in [-0.15, -0.1) is 0 Å². The largest absolute Gasteiger partial charge is 0.381 e. The van der Waals surface area contributed by atoms with Gasteiger partial charge in [-0.05, 0) is 30.7 Å². The van der Waals surface area contributed by atoms with Crippen molar-refractivity contribution >= 4 is 5.91 Å². The van der Waals surface area contributed by atoms with Crippen molar-refractivity contribution in [2.45, 2.75) is 38.0 Å². The minimum atomic E-state index is 0.153. The molecule has 0 atom stereocenters. The number of nitrogens with zero attached hydrogens (tertiary/aromatic N) is 3. The van der Waals surface area contributed by atoms with Crippen LogP contribution in [0.1, 0.15) is 42.5 Å². The first-order valence-electron chi connectivity index (χ1n) is 10.6. The topological polar surface area (TPSA) is 77.7 Å². The van der Waals surface area contributed by atoms with Crippen LogP contribution in [0.15, 0.2) is 34.9 Å². The maximum Gasteiger partial charge on any atom is 0.233 e. The molecule has 0 saturated carbocycles. The molecule has 0 spiro atoms. The summed E-state index contributed by atoms with van der Waals surface area (Å²) in [5, 5.41) is 4.06. The van der Waals surface area contributed by atoms with Crippen molar-refractivity contribution in [1.82, 2.24) is 15.0 Å². The smallest absolute Gasteiger partial charge is 0.233 e. The van der Waals surface area contributed by atoms with Gasteiger partial charge in [-0.25, -0.2) is 0 Å². The highest BCUT2D eigenvalue weighted by molar-refractivity contribution is 5.77. The maximum atomic E-state index is 12.3. The Morgan fingerprint density at radius 2 is 1.93 bits per heavy atom. The maximum absolute atomic E-state index is 12.3. The van der Waals surface area contributed by atoms with Crippen LogP contribution >= 0.6 is 0 Å². The van der Waals surface area contributed by atoms with Crippen molar-refractivity contribution in [3.63, 3.8) is 0 Å². The van der Waals surface area contributed by atoms with Crippen LogP contribution in [0.3, 0.4) is 0 Å². The van der Waals surface area contributed by atoms with E-state index >= 15 is 0 Å². The molecule has 7 nitrogen and oxygen atoms in total. The van der Waals surface area contributed by atoms with E-state index in [1.54, 1.807) is 0 Å². The van der Waals surface area contributed by atoms with Gasteiger partial charge < -0.3 is 18.9 Å². The van der Waals surface area contributed by atoms with Gasteiger partial charge in [0, 0.05) is 45.8 Å². The Labute approximate surface area is 171 Å². The lowest BCUT2D eigenvalue weighted by molar-refractivity contribution is -0.135. The molecule has 2 fully saturated rings. The minimum absolute atomic E-state index is 0.153. The average Bonchev–Trinajstić information content (AvgIpc) is 3.18. The van der Waals surface area contributed by atoms with E-state index in [1.807, 2.05) is 23.1 Å². The number of carbonyl (C=O) groups excluding carboxylic acids is 1. The first kappa shape index (κ1) is 20.0. The van der Waals surface area contributed by atoms with Gasteiger partial charge in [0.15, 0.2) is 5.82 Å². The van der Waals surface area contributed by atoms with E-state index < -0.39 is 0 Å². The first-order chi connectivity index (χ1) is 14.3. The summed E-state index contributed by atoms with van der Waals surface area (Å²) in [7, 11) is 0. The zero-order valence-corrected chi connectivity index (χ0v) is 16.8. The highest BCUT2D eigenvalue weighted by atomic mass is 16.5. The molecule has 2 aliphatic heterocycles. The van der Waals surface area contributed by atoms with Crippen molar-refractivity contribution in [2.75, 3.05) is 39.5 Å². The van der Waals surface area contributed by atoms with Crippen LogP contribution in [0.25, 0.3) is 0 Å². The van der Waals surface area contributed by atoms with Crippen LogP contribution in [0.4, 0.5) is 0 Å². The summed E-state index contributed by atoms with van der Waals surface area (Å²) in [6.07, 6.45) is 4.12. The number of aromatic nitrogens is 2. The third kappa shape index (κ3) is 5.64. The average molecular weight is 399 g/mol. The second-order valence-electron chi connectivity index (χ2n) is 7.91. The van der Waals surface area contributed by atoms with Crippen LogP contribution in [-0.4, -0.2) is 60.5 Å². The van der Waals surface area contributed by atoms with Crippen molar-refractivity contribution < 1.29 is 18.8 Å². The lowest BCUT2D eigenvalue weighted by atomic mass is 9.99. The molecular formula is C22H29N3O4. The summed E-state index contributed by atoms with van der Waals surface area (Å²) in [6, 6.07) is 10.1. The predicted molar refractivity (Wildman–Crippen MR) is 106 cm³/mol. The Balaban J connectivity index is 1.13.